The maximum absolute atomic E-state index is 6.05. The number of aryl methyl sites for hydroxylation is 1. The van der Waals surface area contributed by atoms with Gasteiger partial charge in [-0.1, -0.05) is 43.3 Å². The van der Waals surface area contributed by atoms with Gasteiger partial charge in [-0.2, -0.15) is 0 Å². The molecular formula is C17H22N2. The Balaban J connectivity index is 2.17. The lowest BCUT2D eigenvalue weighted by molar-refractivity contribution is 0.832. The second-order valence-corrected chi connectivity index (χ2v) is 4.74. The molecule has 0 aliphatic heterocycles. The molecule has 2 N–H and O–H groups in total. The predicted molar refractivity (Wildman–Crippen MR) is 83.4 cm³/mol. The molecule has 0 aliphatic rings. The van der Waals surface area contributed by atoms with Gasteiger partial charge in [0.05, 0.1) is 11.4 Å². The van der Waals surface area contributed by atoms with Crippen molar-refractivity contribution in [1.82, 2.24) is 0 Å². The van der Waals surface area contributed by atoms with E-state index >= 15 is 0 Å². The number of para-hydroxylation sites is 2. The summed E-state index contributed by atoms with van der Waals surface area (Å²) in [5, 5.41) is 0. The van der Waals surface area contributed by atoms with Crippen molar-refractivity contribution in [2.45, 2.75) is 26.8 Å². The van der Waals surface area contributed by atoms with Gasteiger partial charge in [0.15, 0.2) is 0 Å². The Morgan fingerprint density at radius 3 is 2.11 bits per heavy atom. The molecule has 0 radical (unpaired) electrons. The van der Waals surface area contributed by atoms with Crippen LogP contribution in [0.1, 0.15) is 25.0 Å². The van der Waals surface area contributed by atoms with Crippen LogP contribution in [0.25, 0.3) is 0 Å². The van der Waals surface area contributed by atoms with Crippen LogP contribution in [0.4, 0.5) is 11.4 Å². The van der Waals surface area contributed by atoms with Crippen molar-refractivity contribution in [3.8, 4) is 0 Å². The molecule has 0 atom stereocenters. The molecule has 2 heteroatoms. The molecule has 0 spiro atoms. The standard InChI is InChI=1S/C17H22N2/c1-3-14-9-11-15(12-10-14)13-19(4-2)17-8-6-5-7-16(17)18/h5-12H,3-4,13,18H2,1-2H3. The minimum absolute atomic E-state index is 0.842. The minimum Gasteiger partial charge on any atom is -0.397 e. The SMILES string of the molecule is CCc1ccc(CN(CC)c2ccccc2N)cc1. The second kappa shape index (κ2) is 6.28. The highest BCUT2D eigenvalue weighted by Crippen LogP contribution is 2.24. The van der Waals surface area contributed by atoms with Crippen LogP contribution in [0.2, 0.25) is 0 Å². The number of hydrogen-bond donors (Lipinski definition) is 1. The Labute approximate surface area is 115 Å². The van der Waals surface area contributed by atoms with Crippen LogP contribution in [-0.4, -0.2) is 6.54 Å². The van der Waals surface area contributed by atoms with Crippen molar-refractivity contribution < 1.29 is 0 Å². The lowest BCUT2D eigenvalue weighted by Gasteiger charge is -2.24. The minimum atomic E-state index is 0.842. The largest absolute Gasteiger partial charge is 0.397 e. The first-order valence-corrected chi connectivity index (χ1v) is 6.91. The fraction of sp³-hybridized carbons (Fsp3) is 0.294. The third-order valence-electron chi connectivity index (χ3n) is 3.46. The molecule has 0 heterocycles. The van der Waals surface area contributed by atoms with E-state index in [9.17, 15) is 0 Å². The number of nitrogens with two attached hydrogens (primary N) is 1. The van der Waals surface area contributed by atoms with Gasteiger partial charge in [0, 0.05) is 13.1 Å². The molecule has 0 fully saturated rings. The summed E-state index contributed by atoms with van der Waals surface area (Å²) in [4.78, 5) is 2.30. The van der Waals surface area contributed by atoms with Gasteiger partial charge in [-0.3, -0.25) is 0 Å². The molecule has 2 aromatic rings. The van der Waals surface area contributed by atoms with Gasteiger partial charge >= 0.3 is 0 Å². The summed E-state index contributed by atoms with van der Waals surface area (Å²) in [6.45, 7) is 6.18. The molecule has 2 rings (SSSR count). The van der Waals surface area contributed by atoms with E-state index in [1.165, 1.54) is 11.1 Å². The first-order chi connectivity index (χ1) is 9.24. The highest BCUT2D eigenvalue weighted by atomic mass is 15.1. The molecule has 0 unspecified atom stereocenters. The molecule has 0 bridgehead atoms. The van der Waals surface area contributed by atoms with Crippen LogP contribution < -0.4 is 10.6 Å². The third kappa shape index (κ3) is 3.28. The normalized spacial score (nSPS) is 10.4. The van der Waals surface area contributed by atoms with Crippen molar-refractivity contribution in [3.63, 3.8) is 0 Å². The Kier molecular flexibility index (Phi) is 4.45. The van der Waals surface area contributed by atoms with Gasteiger partial charge in [-0.15, -0.1) is 0 Å². The first-order valence-electron chi connectivity index (χ1n) is 6.91. The maximum Gasteiger partial charge on any atom is 0.0602 e. The van der Waals surface area contributed by atoms with Crippen molar-refractivity contribution in [1.29, 1.82) is 0 Å². The Hall–Kier alpha value is -1.96. The van der Waals surface area contributed by atoms with E-state index in [1.807, 2.05) is 18.2 Å². The number of nitrogen functional groups attached to an aromatic ring is 1. The van der Waals surface area contributed by atoms with Crippen molar-refractivity contribution in [3.05, 3.63) is 59.7 Å². The molecule has 0 aromatic heterocycles. The highest BCUT2D eigenvalue weighted by molar-refractivity contribution is 5.67. The lowest BCUT2D eigenvalue weighted by Crippen LogP contribution is -2.22. The second-order valence-electron chi connectivity index (χ2n) is 4.74. The number of rotatable bonds is 5. The maximum atomic E-state index is 6.05. The zero-order valence-electron chi connectivity index (χ0n) is 11.8. The van der Waals surface area contributed by atoms with Crippen LogP contribution in [0.3, 0.4) is 0 Å². The van der Waals surface area contributed by atoms with Gasteiger partial charge in [-0.05, 0) is 36.6 Å². The molecule has 2 nitrogen and oxygen atoms in total. The Morgan fingerprint density at radius 2 is 1.53 bits per heavy atom. The van der Waals surface area contributed by atoms with Crippen LogP contribution in [-0.2, 0) is 13.0 Å². The average Bonchev–Trinajstić information content (AvgIpc) is 2.46. The molecule has 100 valence electrons. The predicted octanol–water partition coefficient (Wildman–Crippen LogP) is 3.86. The van der Waals surface area contributed by atoms with Crippen LogP contribution in [0.15, 0.2) is 48.5 Å². The molecule has 19 heavy (non-hydrogen) atoms. The topological polar surface area (TPSA) is 29.3 Å². The van der Waals surface area contributed by atoms with Gasteiger partial charge in [-0.25, -0.2) is 0 Å². The number of anilines is 2. The Morgan fingerprint density at radius 1 is 0.895 bits per heavy atom. The summed E-state index contributed by atoms with van der Waals surface area (Å²) in [6.07, 6.45) is 1.09. The van der Waals surface area contributed by atoms with E-state index in [0.29, 0.717) is 0 Å². The molecular weight excluding hydrogens is 232 g/mol. The molecule has 0 aliphatic carbocycles. The van der Waals surface area contributed by atoms with Crippen molar-refractivity contribution >= 4 is 11.4 Å². The summed E-state index contributed by atoms with van der Waals surface area (Å²) >= 11 is 0. The van der Waals surface area contributed by atoms with Crippen molar-refractivity contribution in [2.75, 3.05) is 17.2 Å². The zero-order chi connectivity index (χ0) is 13.7. The van der Waals surface area contributed by atoms with Crippen molar-refractivity contribution in [2.24, 2.45) is 0 Å². The molecule has 2 aromatic carbocycles. The van der Waals surface area contributed by atoms with Crippen LogP contribution in [0.5, 0.6) is 0 Å². The number of benzene rings is 2. The quantitative estimate of drug-likeness (QED) is 0.821. The molecule has 0 amide bonds. The van der Waals surface area contributed by atoms with Gasteiger partial charge in [0.25, 0.3) is 0 Å². The van der Waals surface area contributed by atoms with Gasteiger partial charge in [0.1, 0.15) is 0 Å². The van der Waals surface area contributed by atoms with E-state index in [-0.39, 0.29) is 0 Å². The molecule has 0 saturated heterocycles. The van der Waals surface area contributed by atoms with E-state index < -0.39 is 0 Å². The summed E-state index contributed by atoms with van der Waals surface area (Å²) in [7, 11) is 0. The van der Waals surface area contributed by atoms with E-state index in [1.54, 1.807) is 0 Å². The summed E-state index contributed by atoms with van der Waals surface area (Å²) < 4.78 is 0. The summed E-state index contributed by atoms with van der Waals surface area (Å²) in [6, 6.07) is 16.9. The van der Waals surface area contributed by atoms with Gasteiger partial charge < -0.3 is 10.6 Å². The fourth-order valence-electron chi connectivity index (χ4n) is 2.24. The highest BCUT2D eigenvalue weighted by Gasteiger charge is 2.07. The monoisotopic (exact) mass is 254 g/mol. The van der Waals surface area contributed by atoms with E-state index in [4.69, 9.17) is 5.73 Å². The van der Waals surface area contributed by atoms with E-state index in [0.717, 1.165) is 30.9 Å². The Bertz CT molecular complexity index is 517. The first kappa shape index (κ1) is 13.5. The fourth-order valence-corrected chi connectivity index (χ4v) is 2.24. The summed E-state index contributed by atoms with van der Waals surface area (Å²) in [5.74, 6) is 0. The third-order valence-corrected chi connectivity index (χ3v) is 3.46. The number of hydrogen-bond acceptors (Lipinski definition) is 2. The average molecular weight is 254 g/mol. The zero-order valence-corrected chi connectivity index (χ0v) is 11.8. The smallest absolute Gasteiger partial charge is 0.0602 e. The van der Waals surface area contributed by atoms with Crippen LogP contribution >= 0.6 is 0 Å². The number of nitrogens with zero attached hydrogens (tertiary/aromatic N) is 1. The lowest BCUT2D eigenvalue weighted by atomic mass is 10.1. The van der Waals surface area contributed by atoms with E-state index in [2.05, 4.69) is 49.1 Å². The van der Waals surface area contributed by atoms with Gasteiger partial charge in [0.2, 0.25) is 0 Å². The van der Waals surface area contributed by atoms with Crippen LogP contribution in [0, 0.1) is 0 Å². The summed E-state index contributed by atoms with van der Waals surface area (Å²) in [5.41, 5.74) is 10.7. The molecule has 0 saturated carbocycles.